The monoisotopic (exact) mass is 603 g/mol. The molecule has 0 amide bonds. The molecule has 0 saturated heterocycles. The highest BCUT2D eigenvalue weighted by Crippen LogP contribution is 2.46. The van der Waals surface area contributed by atoms with Crippen LogP contribution in [0.1, 0.15) is 24.0 Å². The summed E-state index contributed by atoms with van der Waals surface area (Å²) in [6.07, 6.45) is 8.62. The smallest absolute Gasteiger partial charge is 0.145 e. The van der Waals surface area contributed by atoms with Gasteiger partial charge in [-0.1, -0.05) is 103 Å². The average molecular weight is 604 g/mol. The molecule has 1 aliphatic carbocycles. The Kier molecular flexibility index (Phi) is 6.75. The minimum atomic E-state index is 0.874. The molecule has 3 heteroatoms. The van der Waals surface area contributed by atoms with E-state index in [4.69, 9.17) is 4.98 Å². The van der Waals surface area contributed by atoms with Crippen molar-refractivity contribution in [1.82, 2.24) is 14.4 Å². The van der Waals surface area contributed by atoms with Gasteiger partial charge in [-0.15, -0.1) is 0 Å². The van der Waals surface area contributed by atoms with Crippen LogP contribution in [-0.2, 0) is 12.8 Å². The molecule has 3 nitrogen and oxygen atoms in total. The molecule has 0 radical (unpaired) electrons. The Morgan fingerprint density at radius 2 is 1.13 bits per heavy atom. The van der Waals surface area contributed by atoms with Gasteiger partial charge in [-0.3, -0.25) is 9.38 Å². The Balaban J connectivity index is 1.26. The molecule has 0 unspecified atom stereocenters. The van der Waals surface area contributed by atoms with Crippen LogP contribution in [0.5, 0.6) is 0 Å². The second kappa shape index (κ2) is 11.5. The van der Waals surface area contributed by atoms with Crippen molar-refractivity contribution in [2.24, 2.45) is 0 Å². The lowest BCUT2D eigenvalue weighted by molar-refractivity contribution is 0.689. The molecule has 0 N–H and O–H groups in total. The summed E-state index contributed by atoms with van der Waals surface area (Å²) >= 11 is 0. The third kappa shape index (κ3) is 4.74. The van der Waals surface area contributed by atoms with Crippen LogP contribution < -0.4 is 0 Å². The summed E-state index contributed by atoms with van der Waals surface area (Å²) in [6, 6.07) is 50.2. The lowest BCUT2D eigenvalue weighted by Crippen LogP contribution is -2.08. The Labute approximate surface area is 274 Å². The number of aromatic nitrogens is 3. The Morgan fingerprint density at radius 1 is 0.489 bits per heavy atom. The normalized spacial score (nSPS) is 12.8. The van der Waals surface area contributed by atoms with Crippen LogP contribution in [0.4, 0.5) is 0 Å². The van der Waals surface area contributed by atoms with Crippen molar-refractivity contribution in [3.63, 3.8) is 0 Å². The van der Waals surface area contributed by atoms with Gasteiger partial charge in [0.05, 0.1) is 11.2 Å². The largest absolute Gasteiger partial charge is 0.299 e. The first-order valence-electron chi connectivity index (χ1n) is 16.5. The highest BCUT2D eigenvalue weighted by Gasteiger charge is 2.24. The number of hydrogen-bond donors (Lipinski definition) is 0. The van der Waals surface area contributed by atoms with E-state index in [0.29, 0.717) is 0 Å². The summed E-state index contributed by atoms with van der Waals surface area (Å²) in [5.41, 5.74) is 14.7. The minimum Gasteiger partial charge on any atom is -0.299 e. The summed E-state index contributed by atoms with van der Waals surface area (Å²) in [5.74, 6) is 0.911. The van der Waals surface area contributed by atoms with E-state index in [-0.39, 0.29) is 0 Å². The van der Waals surface area contributed by atoms with Crippen molar-refractivity contribution in [2.75, 3.05) is 0 Å². The van der Waals surface area contributed by atoms with Gasteiger partial charge in [0.2, 0.25) is 0 Å². The summed E-state index contributed by atoms with van der Waals surface area (Å²) < 4.78 is 2.18. The Bertz CT molecular complexity index is 2390. The van der Waals surface area contributed by atoms with Crippen molar-refractivity contribution < 1.29 is 0 Å². The molecule has 5 aromatic carbocycles. The van der Waals surface area contributed by atoms with E-state index in [1.807, 2.05) is 24.4 Å². The first-order valence-corrected chi connectivity index (χ1v) is 16.5. The molecule has 8 aromatic rings. The summed E-state index contributed by atoms with van der Waals surface area (Å²) in [4.78, 5) is 9.78. The van der Waals surface area contributed by atoms with Crippen LogP contribution >= 0.6 is 0 Å². The number of nitrogens with zero attached hydrogens (tertiary/aromatic N) is 3. The maximum absolute atomic E-state index is 5.16. The van der Waals surface area contributed by atoms with Crippen molar-refractivity contribution in [2.45, 2.75) is 25.7 Å². The van der Waals surface area contributed by atoms with E-state index in [0.717, 1.165) is 41.1 Å². The number of imidazole rings is 1. The molecule has 9 rings (SSSR count). The molecule has 0 fully saturated rings. The zero-order chi connectivity index (χ0) is 31.2. The topological polar surface area (TPSA) is 30.2 Å². The van der Waals surface area contributed by atoms with Crippen LogP contribution in [0.25, 0.3) is 72.4 Å². The van der Waals surface area contributed by atoms with Crippen molar-refractivity contribution in [1.29, 1.82) is 0 Å². The maximum atomic E-state index is 5.16. The van der Waals surface area contributed by atoms with Crippen molar-refractivity contribution >= 4 is 16.3 Å². The Morgan fingerprint density at radius 3 is 1.85 bits per heavy atom. The first-order chi connectivity index (χ1) is 23.3. The molecular weight excluding hydrogens is 571 g/mol. The molecule has 0 aliphatic heterocycles. The number of pyridine rings is 2. The molecule has 3 heterocycles. The number of fused-ring (bicyclic) bond motifs is 3. The molecule has 47 heavy (non-hydrogen) atoms. The molecule has 0 bridgehead atoms. The lowest BCUT2D eigenvalue weighted by atomic mass is 9.77. The molecule has 3 aromatic heterocycles. The molecule has 224 valence electrons. The van der Waals surface area contributed by atoms with E-state index in [1.165, 1.54) is 68.1 Å². The van der Waals surface area contributed by atoms with Gasteiger partial charge in [0.25, 0.3) is 0 Å². The van der Waals surface area contributed by atoms with E-state index in [1.54, 1.807) is 0 Å². The molecular formula is C44H33N3. The van der Waals surface area contributed by atoms with Gasteiger partial charge < -0.3 is 0 Å². The van der Waals surface area contributed by atoms with E-state index in [9.17, 15) is 0 Å². The summed E-state index contributed by atoms with van der Waals surface area (Å²) in [5, 5.41) is 2.65. The molecule has 0 spiro atoms. The first kappa shape index (κ1) is 27.5. The molecule has 0 saturated carbocycles. The zero-order valence-corrected chi connectivity index (χ0v) is 26.1. The third-order valence-electron chi connectivity index (χ3n) is 9.66. The summed E-state index contributed by atoms with van der Waals surface area (Å²) in [7, 11) is 0. The second-order valence-corrected chi connectivity index (χ2v) is 12.4. The highest BCUT2D eigenvalue weighted by atomic mass is 15.0. The standard InChI is InChI=1S/C44H33N3/c1-3-14-30(15-4-1)41-35-20-7-8-21-36(35)42(31-16-5-2-6-17-31)38-29-33(24-25-37(38)41)32-18-13-19-34(28-32)44-46-43(39-22-9-11-26-45-39)40-23-10-12-27-47(40)44/h1-6,9-19,22-29H,7-8,20-21H2. The van der Waals surface area contributed by atoms with Crippen LogP contribution in [0.2, 0.25) is 0 Å². The van der Waals surface area contributed by atoms with E-state index >= 15 is 0 Å². The SMILES string of the molecule is c1ccc(-c2c3c(c(-c4ccccc4)c4cc(-c5cccc(-c6nc(-c7ccccn7)c7ccccn67)c5)ccc24)CCCC3)cc1. The number of rotatable bonds is 5. The number of hydrogen-bond acceptors (Lipinski definition) is 2. The van der Waals surface area contributed by atoms with E-state index in [2.05, 4.69) is 137 Å². The predicted octanol–water partition coefficient (Wildman–Crippen LogP) is 11.1. The van der Waals surface area contributed by atoms with Gasteiger partial charge in [0.1, 0.15) is 11.5 Å². The van der Waals surface area contributed by atoms with Crippen molar-refractivity contribution in [3.8, 4) is 56.2 Å². The predicted molar refractivity (Wildman–Crippen MR) is 194 cm³/mol. The van der Waals surface area contributed by atoms with Crippen LogP contribution in [0, 0.1) is 0 Å². The average Bonchev–Trinajstić information content (AvgIpc) is 3.54. The fraction of sp³-hybridized carbons (Fsp3) is 0.0909. The molecule has 1 aliphatic rings. The Hall–Kier alpha value is -5.80. The van der Waals surface area contributed by atoms with Gasteiger partial charge in [-0.2, -0.15) is 0 Å². The van der Waals surface area contributed by atoms with Crippen LogP contribution in [0.15, 0.2) is 152 Å². The van der Waals surface area contributed by atoms with Gasteiger partial charge in [-0.05, 0) is 117 Å². The quantitative estimate of drug-likeness (QED) is 0.196. The van der Waals surface area contributed by atoms with Gasteiger partial charge in [0, 0.05) is 18.0 Å². The van der Waals surface area contributed by atoms with E-state index < -0.39 is 0 Å². The van der Waals surface area contributed by atoms with Gasteiger partial charge >= 0.3 is 0 Å². The lowest BCUT2D eigenvalue weighted by Gasteiger charge is -2.27. The highest BCUT2D eigenvalue weighted by molar-refractivity contribution is 6.09. The number of benzene rings is 5. The third-order valence-corrected chi connectivity index (χ3v) is 9.66. The van der Waals surface area contributed by atoms with Crippen molar-refractivity contribution in [3.05, 3.63) is 163 Å². The fourth-order valence-electron chi connectivity index (χ4n) is 7.57. The summed E-state index contributed by atoms with van der Waals surface area (Å²) in [6.45, 7) is 0. The van der Waals surface area contributed by atoms with Gasteiger partial charge in [-0.25, -0.2) is 4.98 Å². The second-order valence-electron chi connectivity index (χ2n) is 12.4. The zero-order valence-electron chi connectivity index (χ0n) is 26.1. The fourth-order valence-corrected chi connectivity index (χ4v) is 7.57. The minimum absolute atomic E-state index is 0.874. The maximum Gasteiger partial charge on any atom is 0.145 e. The van der Waals surface area contributed by atoms with Crippen LogP contribution in [-0.4, -0.2) is 14.4 Å². The molecule has 0 atom stereocenters. The van der Waals surface area contributed by atoms with Gasteiger partial charge in [0.15, 0.2) is 0 Å². The van der Waals surface area contributed by atoms with Crippen LogP contribution in [0.3, 0.4) is 0 Å².